The van der Waals surface area contributed by atoms with E-state index < -0.39 is 0 Å². The van der Waals surface area contributed by atoms with Crippen molar-refractivity contribution in [2.75, 3.05) is 5.32 Å². The Labute approximate surface area is 98.5 Å². The molecule has 0 aliphatic rings. The Bertz CT molecular complexity index is 398. The highest BCUT2D eigenvalue weighted by molar-refractivity contribution is 9.10. The van der Waals surface area contributed by atoms with Gasteiger partial charge in [-0.1, -0.05) is 4.49 Å². The summed E-state index contributed by atoms with van der Waals surface area (Å²) in [5.74, 6) is 0. The molecule has 0 aromatic carbocycles. The molecule has 1 atom stereocenters. The van der Waals surface area contributed by atoms with Crippen LogP contribution in [0.5, 0.6) is 0 Å². The third kappa shape index (κ3) is 2.31. The van der Waals surface area contributed by atoms with Crippen molar-refractivity contribution in [2.24, 2.45) is 0 Å². The molecule has 0 spiro atoms. The van der Waals surface area contributed by atoms with Gasteiger partial charge in [-0.3, -0.25) is 0 Å². The Balaban J connectivity index is 2.06. The summed E-state index contributed by atoms with van der Waals surface area (Å²) in [6.07, 6.45) is 1.74. The number of nitrogens with zero attached hydrogens (tertiary/aromatic N) is 2. The van der Waals surface area contributed by atoms with Crippen molar-refractivity contribution in [2.45, 2.75) is 13.0 Å². The van der Waals surface area contributed by atoms with Gasteiger partial charge >= 0.3 is 0 Å². The lowest BCUT2D eigenvalue weighted by molar-refractivity contribution is 0.911. The summed E-state index contributed by atoms with van der Waals surface area (Å²) in [7, 11) is 0. The molecule has 14 heavy (non-hydrogen) atoms. The molecule has 2 aromatic heterocycles. The number of thiophene rings is 1. The number of nitrogens with one attached hydrogen (secondary N) is 1. The molecule has 2 heterocycles. The van der Waals surface area contributed by atoms with Crippen molar-refractivity contribution >= 4 is 43.8 Å². The highest BCUT2D eigenvalue weighted by atomic mass is 79.9. The van der Waals surface area contributed by atoms with E-state index in [-0.39, 0.29) is 0 Å². The summed E-state index contributed by atoms with van der Waals surface area (Å²) in [4.78, 5) is 1.30. The van der Waals surface area contributed by atoms with E-state index in [1.807, 2.05) is 0 Å². The van der Waals surface area contributed by atoms with Crippen LogP contribution in [0, 0.1) is 0 Å². The summed E-state index contributed by atoms with van der Waals surface area (Å²) < 4.78 is 4.93. The van der Waals surface area contributed by atoms with Crippen molar-refractivity contribution in [3.8, 4) is 0 Å². The molecule has 6 heteroatoms. The Morgan fingerprint density at radius 1 is 1.57 bits per heavy atom. The van der Waals surface area contributed by atoms with Gasteiger partial charge in [0.2, 0.25) is 0 Å². The zero-order chi connectivity index (χ0) is 9.97. The number of aromatic nitrogens is 2. The Kier molecular flexibility index (Phi) is 3.15. The fourth-order valence-corrected chi connectivity index (χ4v) is 3.03. The van der Waals surface area contributed by atoms with E-state index in [2.05, 4.69) is 49.2 Å². The van der Waals surface area contributed by atoms with Gasteiger partial charge in [0, 0.05) is 26.3 Å². The molecular formula is C8H8BrN3S2. The number of hydrogen-bond acceptors (Lipinski definition) is 5. The molecule has 0 bridgehead atoms. The highest BCUT2D eigenvalue weighted by Gasteiger charge is 2.08. The number of anilines is 1. The molecule has 0 aliphatic heterocycles. The van der Waals surface area contributed by atoms with Gasteiger partial charge in [0.05, 0.1) is 12.2 Å². The molecule has 3 nitrogen and oxygen atoms in total. The summed E-state index contributed by atoms with van der Waals surface area (Å²) in [5.41, 5.74) is 0. The molecule has 0 radical (unpaired) electrons. The minimum absolute atomic E-state index is 0.300. The maximum atomic E-state index is 3.80. The van der Waals surface area contributed by atoms with Crippen molar-refractivity contribution < 1.29 is 0 Å². The zero-order valence-electron chi connectivity index (χ0n) is 7.40. The second kappa shape index (κ2) is 4.37. The van der Waals surface area contributed by atoms with Gasteiger partial charge in [0.25, 0.3) is 0 Å². The maximum absolute atomic E-state index is 3.80. The van der Waals surface area contributed by atoms with Crippen molar-refractivity contribution in [1.29, 1.82) is 0 Å². The van der Waals surface area contributed by atoms with Crippen LogP contribution < -0.4 is 5.32 Å². The second-order valence-electron chi connectivity index (χ2n) is 2.82. The van der Waals surface area contributed by atoms with Crippen LogP contribution in [0.2, 0.25) is 0 Å². The van der Waals surface area contributed by atoms with Crippen LogP contribution in [0.15, 0.2) is 22.1 Å². The number of halogens is 1. The molecule has 74 valence electrons. The van der Waals surface area contributed by atoms with Crippen molar-refractivity contribution in [1.82, 2.24) is 9.59 Å². The predicted octanol–water partition coefficient (Wildman–Crippen LogP) is 3.54. The van der Waals surface area contributed by atoms with Crippen LogP contribution in [0.4, 0.5) is 5.00 Å². The number of hydrogen-bond donors (Lipinski definition) is 1. The predicted molar refractivity (Wildman–Crippen MR) is 64.0 cm³/mol. The van der Waals surface area contributed by atoms with Crippen LogP contribution in [0.3, 0.4) is 0 Å². The first-order valence-corrected chi connectivity index (χ1v) is 6.48. The normalized spacial score (nSPS) is 12.7. The number of rotatable bonds is 3. The fourth-order valence-electron chi connectivity index (χ4n) is 1.07. The molecular weight excluding hydrogens is 282 g/mol. The van der Waals surface area contributed by atoms with Gasteiger partial charge in [-0.25, -0.2) is 0 Å². The van der Waals surface area contributed by atoms with E-state index in [1.165, 1.54) is 16.4 Å². The molecule has 0 saturated heterocycles. The minimum Gasteiger partial charge on any atom is -0.367 e. The van der Waals surface area contributed by atoms with Crippen LogP contribution in [-0.4, -0.2) is 9.59 Å². The van der Waals surface area contributed by atoms with Gasteiger partial charge in [-0.15, -0.1) is 16.4 Å². The molecule has 2 aromatic rings. The quantitative estimate of drug-likeness (QED) is 0.939. The largest absolute Gasteiger partial charge is 0.367 e. The molecule has 1 unspecified atom stereocenters. The average molecular weight is 290 g/mol. The topological polar surface area (TPSA) is 37.8 Å². The lowest BCUT2D eigenvalue weighted by atomic mass is 10.3. The molecule has 0 fully saturated rings. The Morgan fingerprint density at radius 3 is 3.00 bits per heavy atom. The SMILES string of the molecule is CC(Nc1cnns1)c1cc(Br)cs1. The van der Waals surface area contributed by atoms with Gasteiger partial charge in [0.15, 0.2) is 0 Å². The summed E-state index contributed by atoms with van der Waals surface area (Å²) in [6.45, 7) is 2.12. The monoisotopic (exact) mass is 289 g/mol. The first-order valence-electron chi connectivity index (χ1n) is 4.03. The summed E-state index contributed by atoms with van der Waals surface area (Å²) in [6, 6.07) is 2.42. The Morgan fingerprint density at radius 2 is 2.43 bits per heavy atom. The first-order chi connectivity index (χ1) is 6.75. The van der Waals surface area contributed by atoms with Crippen LogP contribution >= 0.6 is 38.8 Å². The summed E-state index contributed by atoms with van der Waals surface area (Å²) >= 11 is 6.55. The van der Waals surface area contributed by atoms with E-state index in [9.17, 15) is 0 Å². The third-order valence-corrected chi connectivity index (χ3v) is 4.21. The van der Waals surface area contributed by atoms with E-state index in [0.717, 1.165) is 9.47 Å². The smallest absolute Gasteiger partial charge is 0.130 e. The minimum atomic E-state index is 0.300. The Hall–Kier alpha value is -0.460. The van der Waals surface area contributed by atoms with E-state index in [4.69, 9.17) is 0 Å². The molecule has 0 aliphatic carbocycles. The fraction of sp³-hybridized carbons (Fsp3) is 0.250. The van der Waals surface area contributed by atoms with Crippen LogP contribution in [-0.2, 0) is 0 Å². The van der Waals surface area contributed by atoms with Gasteiger partial charge < -0.3 is 5.32 Å². The van der Waals surface area contributed by atoms with Crippen molar-refractivity contribution in [3.05, 3.63) is 27.0 Å². The van der Waals surface area contributed by atoms with Crippen LogP contribution in [0.25, 0.3) is 0 Å². The lowest BCUT2D eigenvalue weighted by Gasteiger charge is -2.09. The van der Waals surface area contributed by atoms with E-state index >= 15 is 0 Å². The van der Waals surface area contributed by atoms with Gasteiger partial charge in [-0.05, 0) is 28.9 Å². The molecule has 0 amide bonds. The summed E-state index contributed by atoms with van der Waals surface area (Å²) in [5, 5.41) is 10.2. The molecule has 1 N–H and O–H groups in total. The standard InChI is InChI=1S/C8H8BrN3S2/c1-5(7-2-6(9)4-13-7)11-8-3-10-12-14-8/h2-5,11H,1H3. The zero-order valence-corrected chi connectivity index (χ0v) is 10.6. The maximum Gasteiger partial charge on any atom is 0.130 e. The molecule has 0 saturated carbocycles. The van der Waals surface area contributed by atoms with Gasteiger partial charge in [0.1, 0.15) is 5.00 Å². The highest BCUT2D eigenvalue weighted by Crippen LogP contribution is 2.28. The van der Waals surface area contributed by atoms with Crippen molar-refractivity contribution in [3.63, 3.8) is 0 Å². The van der Waals surface area contributed by atoms with Gasteiger partial charge in [-0.2, -0.15) is 0 Å². The lowest BCUT2D eigenvalue weighted by Crippen LogP contribution is -2.02. The van der Waals surface area contributed by atoms with E-state index in [0.29, 0.717) is 6.04 Å². The third-order valence-electron chi connectivity index (χ3n) is 1.73. The molecule has 2 rings (SSSR count). The second-order valence-corrected chi connectivity index (χ2v) is 5.46. The van der Waals surface area contributed by atoms with E-state index in [1.54, 1.807) is 17.5 Å². The first kappa shape index (κ1) is 10.1. The average Bonchev–Trinajstić information content (AvgIpc) is 2.75. The van der Waals surface area contributed by atoms with Crippen LogP contribution in [0.1, 0.15) is 17.8 Å².